The molecule has 0 fully saturated rings. The number of amides is 2. The molecule has 2 aromatic carbocycles. The molecular weight excluding hydrogens is 396 g/mol. The number of rotatable bonds is 8. The number of benzene rings is 2. The van der Waals surface area contributed by atoms with Gasteiger partial charge in [-0.25, -0.2) is 4.79 Å². The van der Waals surface area contributed by atoms with Crippen LogP contribution in [0.1, 0.15) is 55.3 Å². The van der Waals surface area contributed by atoms with Crippen LogP contribution in [0.25, 0.3) is 0 Å². The molecule has 0 aliphatic carbocycles. The maximum Gasteiger partial charge on any atom is 0.341 e. The van der Waals surface area contributed by atoms with Crippen molar-refractivity contribution in [2.75, 3.05) is 12.4 Å². The summed E-state index contributed by atoms with van der Waals surface area (Å²) in [4.78, 5) is 39.8. The Morgan fingerprint density at radius 2 is 1.45 bits per heavy atom. The molecular formula is C24H30N2O5. The van der Waals surface area contributed by atoms with Gasteiger partial charge in [0.1, 0.15) is 5.75 Å². The zero-order valence-electron chi connectivity index (χ0n) is 18.8. The molecule has 0 unspecified atom stereocenters. The number of carbonyl (C=O) groups excluding carboxylic acids is 3. The van der Waals surface area contributed by atoms with Crippen LogP contribution in [0.5, 0.6) is 5.75 Å². The molecule has 1 N–H and O–H groups in total. The molecule has 0 radical (unpaired) electrons. The van der Waals surface area contributed by atoms with E-state index in [1.165, 1.54) is 0 Å². The van der Waals surface area contributed by atoms with E-state index in [2.05, 4.69) is 5.32 Å². The lowest BCUT2D eigenvalue weighted by atomic mass is 10.1. The van der Waals surface area contributed by atoms with Crippen molar-refractivity contribution in [1.82, 2.24) is 4.90 Å². The van der Waals surface area contributed by atoms with Gasteiger partial charge in [-0.2, -0.15) is 0 Å². The fourth-order valence-electron chi connectivity index (χ4n) is 3.30. The maximum absolute atomic E-state index is 12.8. The van der Waals surface area contributed by atoms with Crippen LogP contribution in [0, 0.1) is 0 Å². The number of hydrogen-bond acceptors (Lipinski definition) is 5. The van der Waals surface area contributed by atoms with Gasteiger partial charge in [0, 0.05) is 17.6 Å². The van der Waals surface area contributed by atoms with Crippen molar-refractivity contribution in [1.29, 1.82) is 0 Å². The highest BCUT2D eigenvalue weighted by atomic mass is 16.5. The fraction of sp³-hybridized carbons (Fsp3) is 0.375. The van der Waals surface area contributed by atoms with Gasteiger partial charge in [0.05, 0.1) is 18.4 Å². The summed E-state index contributed by atoms with van der Waals surface area (Å²) in [6.07, 6.45) is -0.956. The Kier molecular flexibility index (Phi) is 8.19. The number of anilines is 1. The molecule has 0 heterocycles. The molecule has 1 atom stereocenters. The van der Waals surface area contributed by atoms with Gasteiger partial charge < -0.3 is 19.7 Å². The van der Waals surface area contributed by atoms with Gasteiger partial charge in [-0.05, 0) is 71.0 Å². The van der Waals surface area contributed by atoms with Crippen LogP contribution in [-0.4, -0.2) is 48.0 Å². The van der Waals surface area contributed by atoms with Gasteiger partial charge in [-0.1, -0.05) is 12.1 Å². The van der Waals surface area contributed by atoms with E-state index in [4.69, 9.17) is 9.47 Å². The first-order valence-corrected chi connectivity index (χ1v) is 10.2. The molecule has 31 heavy (non-hydrogen) atoms. The van der Waals surface area contributed by atoms with Crippen molar-refractivity contribution in [3.63, 3.8) is 0 Å². The van der Waals surface area contributed by atoms with E-state index in [1.807, 2.05) is 27.7 Å². The number of nitrogens with zero attached hydrogens (tertiary/aromatic N) is 1. The van der Waals surface area contributed by atoms with E-state index in [-0.39, 0.29) is 29.5 Å². The van der Waals surface area contributed by atoms with Crippen LogP contribution in [0.2, 0.25) is 0 Å². The lowest BCUT2D eigenvalue weighted by Gasteiger charge is -2.32. The normalized spacial score (nSPS) is 11.7. The first kappa shape index (κ1) is 23.9. The smallest absolute Gasteiger partial charge is 0.341 e. The predicted molar refractivity (Wildman–Crippen MR) is 119 cm³/mol. The van der Waals surface area contributed by atoms with Gasteiger partial charge in [-0.3, -0.25) is 9.59 Å². The molecule has 0 aliphatic rings. The quantitative estimate of drug-likeness (QED) is 0.642. The zero-order chi connectivity index (χ0) is 23.1. The zero-order valence-corrected chi connectivity index (χ0v) is 18.8. The molecule has 166 valence electrons. The number of para-hydroxylation sites is 1. The molecule has 0 saturated carbocycles. The van der Waals surface area contributed by atoms with E-state index < -0.39 is 12.1 Å². The summed E-state index contributed by atoms with van der Waals surface area (Å²) in [7, 11) is 1.55. The van der Waals surface area contributed by atoms with E-state index in [1.54, 1.807) is 67.5 Å². The predicted octanol–water partition coefficient (Wildman–Crippen LogP) is 4.14. The Bertz CT molecular complexity index is 914. The molecule has 7 nitrogen and oxygen atoms in total. The highest BCUT2D eigenvalue weighted by molar-refractivity contribution is 6.08. The van der Waals surface area contributed by atoms with E-state index in [0.717, 1.165) is 0 Å². The molecule has 0 aliphatic heterocycles. The number of hydrogen-bond donors (Lipinski definition) is 1. The molecule has 2 rings (SSSR count). The molecule has 0 spiro atoms. The van der Waals surface area contributed by atoms with Gasteiger partial charge in [0.2, 0.25) is 0 Å². The van der Waals surface area contributed by atoms with Crippen molar-refractivity contribution in [2.24, 2.45) is 0 Å². The molecule has 0 aromatic heterocycles. The van der Waals surface area contributed by atoms with Gasteiger partial charge in [-0.15, -0.1) is 0 Å². The minimum absolute atomic E-state index is 0.0234. The van der Waals surface area contributed by atoms with Crippen molar-refractivity contribution in [2.45, 2.75) is 52.8 Å². The van der Waals surface area contributed by atoms with E-state index in [0.29, 0.717) is 17.0 Å². The van der Waals surface area contributed by atoms with Crippen LogP contribution >= 0.6 is 0 Å². The summed E-state index contributed by atoms with van der Waals surface area (Å²) in [6, 6.07) is 13.1. The SMILES string of the molecule is COc1ccc(C(=O)Nc2ccccc2C(=O)O[C@H](C)C(=O)N(C(C)C)C(C)C)cc1. The molecule has 0 bridgehead atoms. The van der Waals surface area contributed by atoms with Crippen molar-refractivity contribution < 1.29 is 23.9 Å². The average molecular weight is 427 g/mol. The topological polar surface area (TPSA) is 84.9 Å². The van der Waals surface area contributed by atoms with Gasteiger partial charge in [0.15, 0.2) is 6.10 Å². The largest absolute Gasteiger partial charge is 0.497 e. The molecule has 2 amide bonds. The van der Waals surface area contributed by atoms with Gasteiger partial charge >= 0.3 is 5.97 Å². The summed E-state index contributed by atoms with van der Waals surface area (Å²) in [5, 5.41) is 2.73. The molecule has 7 heteroatoms. The van der Waals surface area contributed by atoms with Crippen LogP contribution in [-0.2, 0) is 9.53 Å². The number of nitrogens with one attached hydrogen (secondary N) is 1. The number of methoxy groups -OCH3 is 1. The number of ether oxygens (including phenoxy) is 2. The lowest BCUT2D eigenvalue weighted by molar-refractivity contribution is -0.143. The Morgan fingerprint density at radius 3 is 2.00 bits per heavy atom. The van der Waals surface area contributed by atoms with Crippen molar-refractivity contribution in [3.8, 4) is 5.75 Å². The first-order valence-electron chi connectivity index (χ1n) is 10.2. The Hall–Kier alpha value is -3.35. The second-order valence-electron chi connectivity index (χ2n) is 7.71. The molecule has 2 aromatic rings. The van der Waals surface area contributed by atoms with Crippen LogP contribution in [0.15, 0.2) is 48.5 Å². The first-order chi connectivity index (χ1) is 14.6. The second-order valence-corrected chi connectivity index (χ2v) is 7.71. The fourth-order valence-corrected chi connectivity index (χ4v) is 3.30. The third-order valence-corrected chi connectivity index (χ3v) is 4.75. The summed E-state index contributed by atoms with van der Waals surface area (Å²) in [5.41, 5.74) is 0.888. The van der Waals surface area contributed by atoms with E-state index >= 15 is 0 Å². The lowest BCUT2D eigenvalue weighted by Crippen LogP contribution is -2.47. The Balaban J connectivity index is 2.15. The highest BCUT2D eigenvalue weighted by Gasteiger charge is 2.28. The summed E-state index contributed by atoms with van der Waals surface area (Å²) < 4.78 is 10.5. The molecule has 0 saturated heterocycles. The number of esters is 1. The standard InChI is InChI=1S/C24H30N2O5/c1-15(2)26(16(3)4)23(28)17(5)31-24(29)20-9-7-8-10-21(20)25-22(27)18-11-13-19(30-6)14-12-18/h7-17H,1-6H3,(H,25,27)/t17-/m1/s1. The van der Waals surface area contributed by atoms with Crippen LogP contribution in [0.3, 0.4) is 0 Å². The highest BCUT2D eigenvalue weighted by Crippen LogP contribution is 2.20. The Morgan fingerprint density at radius 1 is 0.871 bits per heavy atom. The summed E-state index contributed by atoms with van der Waals surface area (Å²) >= 11 is 0. The van der Waals surface area contributed by atoms with Crippen molar-refractivity contribution >= 4 is 23.5 Å². The minimum atomic E-state index is -0.956. The second kappa shape index (κ2) is 10.6. The third-order valence-electron chi connectivity index (χ3n) is 4.75. The van der Waals surface area contributed by atoms with Crippen molar-refractivity contribution in [3.05, 3.63) is 59.7 Å². The van der Waals surface area contributed by atoms with Crippen LogP contribution < -0.4 is 10.1 Å². The van der Waals surface area contributed by atoms with Crippen LogP contribution in [0.4, 0.5) is 5.69 Å². The number of carbonyl (C=O) groups is 3. The Labute approximate surface area is 183 Å². The third kappa shape index (κ3) is 6.07. The minimum Gasteiger partial charge on any atom is -0.497 e. The summed E-state index contributed by atoms with van der Waals surface area (Å²) in [6.45, 7) is 9.20. The average Bonchev–Trinajstić information content (AvgIpc) is 2.73. The monoisotopic (exact) mass is 426 g/mol. The van der Waals surface area contributed by atoms with Gasteiger partial charge in [0.25, 0.3) is 11.8 Å². The summed E-state index contributed by atoms with van der Waals surface area (Å²) in [5.74, 6) is -0.689. The maximum atomic E-state index is 12.8. The van der Waals surface area contributed by atoms with E-state index in [9.17, 15) is 14.4 Å².